The number of imidazole rings is 1. The molecule has 1 unspecified atom stereocenters. The maximum atomic E-state index is 12.5. The van der Waals surface area contributed by atoms with Gasteiger partial charge in [-0.2, -0.15) is 0 Å². The smallest absolute Gasteiger partial charge is 0.326 e. The Bertz CT molecular complexity index is 535. The molecule has 1 aromatic heterocycles. The number of fused-ring (bicyclic) bond motifs is 1. The number of carbonyl (C=O) groups excluding carboxylic acids is 1. The zero-order chi connectivity index (χ0) is 13.6. The Balaban J connectivity index is 1.90. The normalized spacial score (nSPS) is 23.8. The number of aromatic nitrogens is 2. The van der Waals surface area contributed by atoms with Gasteiger partial charge in [0.25, 0.3) is 0 Å². The third kappa shape index (κ3) is 1.81. The number of carboxylic acids is 1. The summed E-state index contributed by atoms with van der Waals surface area (Å²) in [7, 11) is 0. The van der Waals surface area contributed by atoms with Gasteiger partial charge in [0.1, 0.15) is 6.04 Å². The van der Waals surface area contributed by atoms with Gasteiger partial charge in [0.15, 0.2) is 0 Å². The van der Waals surface area contributed by atoms with Gasteiger partial charge in [-0.1, -0.05) is 0 Å². The molecular formula is C12H16N4O3. The highest BCUT2D eigenvalue weighted by atomic mass is 16.4. The molecule has 7 heteroatoms. The number of nitrogens with two attached hydrogens (primary N) is 1. The van der Waals surface area contributed by atoms with Gasteiger partial charge < -0.3 is 20.7 Å². The molecule has 0 radical (unpaired) electrons. The van der Waals surface area contributed by atoms with Crippen LogP contribution in [0.2, 0.25) is 0 Å². The average molecular weight is 264 g/mol. The van der Waals surface area contributed by atoms with Crippen molar-refractivity contribution in [1.82, 2.24) is 14.9 Å². The number of nitrogens with zero attached hydrogens (tertiary/aromatic N) is 2. The molecule has 7 nitrogen and oxygen atoms in total. The standard InChI is InChI=1S/C12H16N4O3/c13-5-12(1-2-12)11(19)16-4-8-7(14-6-15-8)3-9(16)10(17)18/h6,9H,1-5,13H2,(H,14,15)(H,17,18). The molecule has 1 fully saturated rings. The SMILES string of the molecule is NCC1(C(=O)N2Cc3[nH]cnc3CC2C(=O)O)CC1. The lowest BCUT2D eigenvalue weighted by molar-refractivity contribution is -0.154. The number of carbonyl (C=O) groups is 2. The molecule has 2 heterocycles. The number of aliphatic carboxylic acids is 1. The summed E-state index contributed by atoms with van der Waals surface area (Å²) in [5, 5.41) is 9.32. The monoisotopic (exact) mass is 264 g/mol. The van der Waals surface area contributed by atoms with Crippen molar-refractivity contribution in [2.75, 3.05) is 6.54 Å². The second kappa shape index (κ2) is 4.06. The average Bonchev–Trinajstić information content (AvgIpc) is 3.07. The molecule has 1 amide bonds. The Morgan fingerprint density at radius 1 is 1.58 bits per heavy atom. The Kier molecular flexibility index (Phi) is 2.60. The van der Waals surface area contributed by atoms with Crippen molar-refractivity contribution in [3.63, 3.8) is 0 Å². The molecule has 1 saturated carbocycles. The second-order valence-corrected chi connectivity index (χ2v) is 5.30. The largest absolute Gasteiger partial charge is 0.480 e. The minimum Gasteiger partial charge on any atom is -0.480 e. The molecule has 0 aromatic carbocycles. The van der Waals surface area contributed by atoms with E-state index < -0.39 is 17.4 Å². The van der Waals surface area contributed by atoms with Gasteiger partial charge in [-0.05, 0) is 12.8 Å². The van der Waals surface area contributed by atoms with Crippen molar-refractivity contribution in [2.45, 2.75) is 31.8 Å². The van der Waals surface area contributed by atoms with Crippen molar-refractivity contribution in [3.05, 3.63) is 17.7 Å². The number of H-pyrrole nitrogens is 1. The third-order valence-electron chi connectivity index (χ3n) is 4.14. The second-order valence-electron chi connectivity index (χ2n) is 5.30. The fourth-order valence-electron chi connectivity index (χ4n) is 2.63. The maximum absolute atomic E-state index is 12.5. The summed E-state index contributed by atoms with van der Waals surface area (Å²) in [6, 6.07) is -0.840. The molecule has 0 saturated heterocycles. The van der Waals surface area contributed by atoms with Crippen molar-refractivity contribution in [2.24, 2.45) is 11.1 Å². The number of nitrogens with one attached hydrogen (secondary N) is 1. The molecule has 0 bridgehead atoms. The lowest BCUT2D eigenvalue weighted by Gasteiger charge is -2.34. The van der Waals surface area contributed by atoms with Crippen LogP contribution in [-0.4, -0.2) is 44.4 Å². The Hall–Kier alpha value is -1.89. The maximum Gasteiger partial charge on any atom is 0.326 e. The molecule has 4 N–H and O–H groups in total. The quantitative estimate of drug-likeness (QED) is 0.680. The van der Waals surface area contributed by atoms with E-state index in [9.17, 15) is 14.7 Å². The van der Waals surface area contributed by atoms with Gasteiger partial charge in [-0.15, -0.1) is 0 Å². The van der Waals surface area contributed by atoms with E-state index in [1.807, 2.05) is 0 Å². The van der Waals surface area contributed by atoms with Crippen LogP contribution in [0.25, 0.3) is 0 Å². The van der Waals surface area contributed by atoms with E-state index >= 15 is 0 Å². The van der Waals surface area contributed by atoms with Crippen LogP contribution < -0.4 is 5.73 Å². The first-order valence-electron chi connectivity index (χ1n) is 6.32. The number of rotatable bonds is 3. The van der Waals surface area contributed by atoms with Gasteiger partial charge >= 0.3 is 5.97 Å². The van der Waals surface area contributed by atoms with Gasteiger partial charge in [0.05, 0.1) is 29.7 Å². The van der Waals surface area contributed by atoms with Crippen molar-refractivity contribution < 1.29 is 14.7 Å². The van der Waals surface area contributed by atoms with E-state index in [0.717, 1.165) is 24.2 Å². The molecule has 1 aliphatic heterocycles. The first-order valence-corrected chi connectivity index (χ1v) is 6.32. The predicted molar refractivity (Wildman–Crippen MR) is 65.0 cm³/mol. The van der Waals surface area contributed by atoms with Crippen LogP contribution >= 0.6 is 0 Å². The summed E-state index contributed by atoms with van der Waals surface area (Å²) in [4.78, 5) is 32.4. The van der Waals surface area contributed by atoms with E-state index in [1.165, 1.54) is 11.2 Å². The Morgan fingerprint density at radius 3 is 2.89 bits per heavy atom. The summed E-state index contributed by atoms with van der Waals surface area (Å²) in [6.45, 7) is 0.553. The molecule has 0 spiro atoms. The molecule has 1 atom stereocenters. The van der Waals surface area contributed by atoms with Crippen molar-refractivity contribution in [3.8, 4) is 0 Å². The number of aromatic amines is 1. The molecule has 3 rings (SSSR count). The van der Waals surface area contributed by atoms with Crippen molar-refractivity contribution in [1.29, 1.82) is 0 Å². The van der Waals surface area contributed by atoms with Crippen LogP contribution in [-0.2, 0) is 22.6 Å². The van der Waals surface area contributed by atoms with Crippen LogP contribution in [0.3, 0.4) is 0 Å². The Labute approximate surface area is 109 Å². The van der Waals surface area contributed by atoms with Gasteiger partial charge in [0, 0.05) is 13.0 Å². The van der Waals surface area contributed by atoms with E-state index in [4.69, 9.17) is 5.73 Å². The predicted octanol–water partition coefficient (Wildman–Crippen LogP) is -0.513. The fraction of sp³-hybridized carbons (Fsp3) is 0.583. The van der Waals surface area contributed by atoms with Crippen LogP contribution in [0.15, 0.2) is 6.33 Å². The van der Waals surface area contributed by atoms with Gasteiger partial charge in [-0.3, -0.25) is 4.79 Å². The molecule has 2 aliphatic rings. The third-order valence-corrected chi connectivity index (χ3v) is 4.14. The highest BCUT2D eigenvalue weighted by Gasteiger charge is 2.53. The minimum atomic E-state index is -0.991. The summed E-state index contributed by atoms with van der Waals surface area (Å²) in [5.41, 5.74) is 6.68. The molecule has 102 valence electrons. The lowest BCUT2D eigenvalue weighted by atomic mass is 9.98. The fourth-order valence-corrected chi connectivity index (χ4v) is 2.63. The van der Waals surface area contributed by atoms with E-state index in [2.05, 4.69) is 9.97 Å². The molecule has 1 aromatic rings. The minimum absolute atomic E-state index is 0.136. The molecule has 1 aliphatic carbocycles. The first kappa shape index (κ1) is 12.2. The highest BCUT2D eigenvalue weighted by Crippen LogP contribution is 2.47. The number of carboxylic acid groups (broad SMARTS) is 1. The summed E-state index contributed by atoms with van der Waals surface area (Å²) >= 11 is 0. The molecular weight excluding hydrogens is 248 g/mol. The zero-order valence-electron chi connectivity index (χ0n) is 10.4. The van der Waals surface area contributed by atoms with Crippen LogP contribution in [0.5, 0.6) is 0 Å². The first-order chi connectivity index (χ1) is 9.07. The van der Waals surface area contributed by atoms with Crippen LogP contribution in [0.4, 0.5) is 0 Å². The van der Waals surface area contributed by atoms with Gasteiger partial charge in [-0.25, -0.2) is 9.78 Å². The summed E-state index contributed by atoms with van der Waals surface area (Å²) in [5.74, 6) is -1.13. The van der Waals surface area contributed by atoms with E-state index in [-0.39, 0.29) is 25.4 Å². The highest BCUT2D eigenvalue weighted by molar-refractivity contribution is 5.90. The lowest BCUT2D eigenvalue weighted by Crippen LogP contribution is -2.52. The topological polar surface area (TPSA) is 112 Å². The molecule has 19 heavy (non-hydrogen) atoms. The number of hydrogen-bond donors (Lipinski definition) is 3. The summed E-state index contributed by atoms with van der Waals surface area (Å²) < 4.78 is 0. The summed E-state index contributed by atoms with van der Waals surface area (Å²) in [6.07, 6.45) is 3.29. The van der Waals surface area contributed by atoms with E-state index in [0.29, 0.717) is 0 Å². The van der Waals surface area contributed by atoms with Crippen LogP contribution in [0, 0.1) is 5.41 Å². The number of hydrogen-bond acceptors (Lipinski definition) is 4. The van der Waals surface area contributed by atoms with Crippen molar-refractivity contribution >= 4 is 11.9 Å². The Morgan fingerprint density at radius 2 is 2.32 bits per heavy atom. The zero-order valence-corrected chi connectivity index (χ0v) is 10.4. The van der Waals surface area contributed by atoms with E-state index in [1.54, 1.807) is 0 Å². The number of amides is 1. The van der Waals surface area contributed by atoms with Gasteiger partial charge in [0.2, 0.25) is 5.91 Å². The van der Waals surface area contributed by atoms with Crippen LogP contribution in [0.1, 0.15) is 24.2 Å².